The van der Waals surface area contributed by atoms with Crippen molar-refractivity contribution in [1.82, 2.24) is 4.31 Å². The molecule has 1 aliphatic rings. The van der Waals surface area contributed by atoms with E-state index < -0.39 is 16.1 Å². The third-order valence-corrected chi connectivity index (χ3v) is 6.64. The highest BCUT2D eigenvalue weighted by atomic mass is 32.2. The Morgan fingerprint density at radius 3 is 2.64 bits per heavy atom. The highest BCUT2D eigenvalue weighted by molar-refractivity contribution is 7.89. The van der Waals surface area contributed by atoms with Gasteiger partial charge in [-0.2, -0.15) is 4.31 Å². The van der Waals surface area contributed by atoms with Crippen molar-refractivity contribution in [3.8, 4) is 0 Å². The number of amides is 1. The molecule has 2 rings (SSSR count). The minimum atomic E-state index is -3.38. The first-order chi connectivity index (χ1) is 11.8. The number of anilines is 2. The monoisotopic (exact) mass is 367 g/mol. The number of nitrogens with one attached hydrogen (secondary N) is 1. The molecule has 0 spiro atoms. The third-order valence-electron chi connectivity index (χ3n) is 4.56. The van der Waals surface area contributed by atoms with Crippen LogP contribution in [0.2, 0.25) is 0 Å². The van der Waals surface area contributed by atoms with Crippen LogP contribution in [-0.2, 0) is 14.8 Å². The SMILES string of the molecule is CCCS(=O)(=O)N1CCCCC1C(=O)Nc1ccc(N(C)C)cc1C. The summed E-state index contributed by atoms with van der Waals surface area (Å²) < 4.78 is 26.4. The number of carbonyl (C=O) groups is 1. The number of aryl methyl sites for hydroxylation is 1. The Labute approximate surface area is 151 Å². The van der Waals surface area contributed by atoms with Gasteiger partial charge in [-0.1, -0.05) is 13.3 Å². The van der Waals surface area contributed by atoms with Crippen LogP contribution in [-0.4, -0.2) is 51.1 Å². The Hall–Kier alpha value is -1.60. The summed E-state index contributed by atoms with van der Waals surface area (Å²) in [4.78, 5) is 14.8. The molecular formula is C18H29N3O3S. The molecule has 0 aromatic heterocycles. The van der Waals surface area contributed by atoms with Crippen LogP contribution in [0.1, 0.15) is 38.2 Å². The van der Waals surface area contributed by atoms with Gasteiger partial charge in [-0.05, 0) is 49.9 Å². The van der Waals surface area contributed by atoms with Crippen LogP contribution in [0.3, 0.4) is 0 Å². The summed E-state index contributed by atoms with van der Waals surface area (Å²) in [7, 11) is 0.546. The van der Waals surface area contributed by atoms with Gasteiger partial charge in [-0.15, -0.1) is 0 Å². The molecule has 0 aliphatic carbocycles. The minimum Gasteiger partial charge on any atom is -0.378 e. The van der Waals surface area contributed by atoms with Crippen molar-refractivity contribution in [2.75, 3.05) is 36.6 Å². The number of rotatable bonds is 6. The van der Waals surface area contributed by atoms with Crippen molar-refractivity contribution in [1.29, 1.82) is 0 Å². The number of sulfonamides is 1. The molecule has 7 heteroatoms. The van der Waals surface area contributed by atoms with E-state index in [4.69, 9.17) is 0 Å². The lowest BCUT2D eigenvalue weighted by atomic mass is 10.0. The molecule has 0 bridgehead atoms. The Kier molecular flexibility index (Phi) is 6.46. The van der Waals surface area contributed by atoms with Crippen molar-refractivity contribution >= 4 is 27.3 Å². The number of piperidine rings is 1. The second-order valence-corrected chi connectivity index (χ2v) is 8.86. The summed E-state index contributed by atoms with van der Waals surface area (Å²) in [6.45, 7) is 4.21. The molecule has 1 atom stereocenters. The van der Waals surface area contributed by atoms with Crippen LogP contribution < -0.4 is 10.2 Å². The maximum absolute atomic E-state index is 12.8. The smallest absolute Gasteiger partial charge is 0.242 e. The van der Waals surface area contributed by atoms with Gasteiger partial charge in [0, 0.05) is 32.0 Å². The van der Waals surface area contributed by atoms with E-state index in [-0.39, 0.29) is 11.7 Å². The molecule has 1 aromatic rings. The molecule has 1 saturated heterocycles. The second-order valence-electron chi connectivity index (χ2n) is 6.82. The first kappa shape index (κ1) is 19.7. The van der Waals surface area contributed by atoms with E-state index in [0.29, 0.717) is 19.4 Å². The van der Waals surface area contributed by atoms with E-state index in [1.54, 1.807) is 0 Å². The summed E-state index contributed by atoms with van der Waals surface area (Å²) in [6, 6.07) is 5.20. The van der Waals surface area contributed by atoms with Crippen molar-refractivity contribution in [2.24, 2.45) is 0 Å². The fourth-order valence-corrected chi connectivity index (χ4v) is 4.90. The summed E-state index contributed by atoms with van der Waals surface area (Å²) in [5, 5.41) is 2.93. The average molecular weight is 368 g/mol. The summed E-state index contributed by atoms with van der Waals surface area (Å²) in [5.74, 6) is -0.145. The maximum Gasteiger partial charge on any atom is 0.242 e. The fraction of sp³-hybridized carbons (Fsp3) is 0.611. The molecule has 1 aromatic carbocycles. The molecule has 1 aliphatic heterocycles. The summed E-state index contributed by atoms with van der Waals surface area (Å²) in [5.41, 5.74) is 2.74. The zero-order valence-corrected chi connectivity index (χ0v) is 16.4. The number of benzene rings is 1. The first-order valence-corrected chi connectivity index (χ1v) is 10.5. The molecule has 1 N–H and O–H groups in total. The molecule has 1 fully saturated rings. The largest absolute Gasteiger partial charge is 0.378 e. The third kappa shape index (κ3) is 4.73. The lowest BCUT2D eigenvalue weighted by Gasteiger charge is -2.33. The van der Waals surface area contributed by atoms with Gasteiger partial charge >= 0.3 is 0 Å². The molecule has 0 radical (unpaired) electrons. The van der Waals surface area contributed by atoms with Gasteiger partial charge in [0.2, 0.25) is 15.9 Å². The maximum atomic E-state index is 12.8. The van der Waals surface area contributed by atoms with Crippen LogP contribution in [0.4, 0.5) is 11.4 Å². The van der Waals surface area contributed by atoms with Gasteiger partial charge < -0.3 is 10.2 Å². The first-order valence-electron chi connectivity index (χ1n) is 8.84. The summed E-state index contributed by atoms with van der Waals surface area (Å²) >= 11 is 0. The van der Waals surface area contributed by atoms with Crippen LogP contribution in [0.15, 0.2) is 18.2 Å². The second kappa shape index (κ2) is 8.19. The molecule has 1 unspecified atom stereocenters. The lowest BCUT2D eigenvalue weighted by molar-refractivity contribution is -0.120. The van der Waals surface area contributed by atoms with Crippen molar-refractivity contribution in [2.45, 2.75) is 45.6 Å². The standard InChI is InChI=1S/C18H29N3O3S/c1-5-12-25(23,24)21-11-7-6-8-17(21)18(22)19-16-10-9-15(20(3)4)13-14(16)2/h9-10,13,17H,5-8,11-12H2,1-4H3,(H,19,22). The molecular weight excluding hydrogens is 338 g/mol. The minimum absolute atomic E-state index is 0.0906. The predicted octanol–water partition coefficient (Wildman–Crippen LogP) is 2.59. The normalized spacial score (nSPS) is 18.8. The zero-order chi connectivity index (χ0) is 18.6. The molecule has 140 valence electrons. The Morgan fingerprint density at radius 2 is 2.04 bits per heavy atom. The fourth-order valence-electron chi connectivity index (χ4n) is 3.16. The summed E-state index contributed by atoms with van der Waals surface area (Å²) in [6.07, 6.45) is 2.81. The highest BCUT2D eigenvalue weighted by Gasteiger charge is 2.36. The van der Waals surface area contributed by atoms with Gasteiger partial charge in [0.15, 0.2) is 0 Å². The molecule has 25 heavy (non-hydrogen) atoms. The van der Waals surface area contributed by atoms with Gasteiger partial charge in [-0.3, -0.25) is 4.79 Å². The Balaban J connectivity index is 2.18. The van der Waals surface area contributed by atoms with Crippen molar-refractivity contribution < 1.29 is 13.2 Å². The number of hydrogen-bond donors (Lipinski definition) is 1. The van der Waals surface area contributed by atoms with Crippen LogP contribution >= 0.6 is 0 Å². The quantitative estimate of drug-likeness (QED) is 0.839. The predicted molar refractivity (Wildman–Crippen MR) is 103 cm³/mol. The van der Waals surface area contributed by atoms with Crippen LogP contribution in [0, 0.1) is 6.92 Å². The number of carbonyl (C=O) groups excluding carboxylic acids is 1. The van der Waals surface area contributed by atoms with Crippen molar-refractivity contribution in [3.05, 3.63) is 23.8 Å². The molecule has 0 saturated carbocycles. The van der Waals surface area contributed by atoms with Gasteiger partial charge in [-0.25, -0.2) is 8.42 Å². The number of hydrogen-bond acceptors (Lipinski definition) is 4. The molecule has 1 amide bonds. The van der Waals surface area contributed by atoms with Gasteiger partial charge in [0.1, 0.15) is 6.04 Å². The topological polar surface area (TPSA) is 69.7 Å². The average Bonchev–Trinajstić information content (AvgIpc) is 2.56. The number of nitrogens with zero attached hydrogens (tertiary/aromatic N) is 2. The van der Waals surface area contributed by atoms with Crippen molar-refractivity contribution in [3.63, 3.8) is 0 Å². The Morgan fingerprint density at radius 1 is 1.32 bits per heavy atom. The van der Waals surface area contributed by atoms with E-state index in [1.165, 1.54) is 4.31 Å². The van der Waals surface area contributed by atoms with Crippen LogP contribution in [0.25, 0.3) is 0 Å². The molecule has 6 nitrogen and oxygen atoms in total. The van der Waals surface area contributed by atoms with E-state index in [1.807, 2.05) is 51.0 Å². The van der Waals surface area contributed by atoms with E-state index >= 15 is 0 Å². The molecule has 1 heterocycles. The zero-order valence-electron chi connectivity index (χ0n) is 15.6. The van der Waals surface area contributed by atoms with E-state index in [2.05, 4.69) is 5.32 Å². The van der Waals surface area contributed by atoms with E-state index in [0.717, 1.165) is 29.8 Å². The van der Waals surface area contributed by atoms with E-state index in [9.17, 15) is 13.2 Å². The lowest BCUT2D eigenvalue weighted by Crippen LogP contribution is -2.50. The Bertz CT molecular complexity index is 716. The van der Waals surface area contributed by atoms with Gasteiger partial charge in [0.05, 0.1) is 5.75 Å². The van der Waals surface area contributed by atoms with Crippen LogP contribution in [0.5, 0.6) is 0 Å². The highest BCUT2D eigenvalue weighted by Crippen LogP contribution is 2.25. The van der Waals surface area contributed by atoms with Gasteiger partial charge in [0.25, 0.3) is 0 Å².